The molecule has 0 bridgehead atoms. The van der Waals surface area contributed by atoms with Crippen LogP contribution in [0.3, 0.4) is 0 Å². The Bertz CT molecular complexity index is 660. The molecule has 0 aliphatic carbocycles. The summed E-state index contributed by atoms with van der Waals surface area (Å²) < 4.78 is 46.6. The molecule has 0 aromatic heterocycles. The van der Waals surface area contributed by atoms with E-state index in [1.54, 1.807) is 0 Å². The number of anilines is 1. The Morgan fingerprint density at radius 3 is 2.71 bits per heavy atom. The zero-order valence-electron chi connectivity index (χ0n) is 11.2. The molecule has 2 rings (SSSR count). The quantitative estimate of drug-likeness (QED) is 0.779. The van der Waals surface area contributed by atoms with Crippen LogP contribution in [-0.4, -0.2) is 50.7 Å². The monoisotopic (exact) mass is 314 g/mol. The normalized spacial score (nSPS) is 16.1. The van der Waals surface area contributed by atoms with Crippen molar-refractivity contribution in [2.24, 2.45) is 0 Å². The highest BCUT2D eigenvalue weighted by molar-refractivity contribution is 7.90. The van der Waals surface area contributed by atoms with Gasteiger partial charge in [-0.25, -0.2) is 4.39 Å². The summed E-state index contributed by atoms with van der Waals surface area (Å²) in [6, 6.07) is 3.83. The predicted octanol–water partition coefficient (Wildman–Crippen LogP) is 0.158. The van der Waals surface area contributed by atoms with Gasteiger partial charge in [0.25, 0.3) is 0 Å². The van der Waals surface area contributed by atoms with Crippen molar-refractivity contribution in [1.29, 1.82) is 0 Å². The van der Waals surface area contributed by atoms with Crippen LogP contribution in [-0.2, 0) is 14.9 Å². The van der Waals surface area contributed by atoms with Crippen molar-refractivity contribution in [3.8, 4) is 11.8 Å². The second kappa shape index (κ2) is 6.87. The fourth-order valence-electron chi connectivity index (χ4n) is 1.82. The number of morpholine rings is 1. The maximum atomic E-state index is 13.7. The van der Waals surface area contributed by atoms with E-state index in [0.29, 0.717) is 13.2 Å². The maximum Gasteiger partial charge on any atom is 0.301 e. The minimum absolute atomic E-state index is 0.0957. The molecule has 0 unspecified atom stereocenters. The van der Waals surface area contributed by atoms with Crippen molar-refractivity contribution in [2.75, 3.05) is 37.6 Å². The Morgan fingerprint density at radius 1 is 1.38 bits per heavy atom. The highest BCUT2D eigenvalue weighted by Crippen LogP contribution is 2.17. The first-order valence-electron chi connectivity index (χ1n) is 6.28. The molecule has 6 nitrogen and oxygen atoms in total. The van der Waals surface area contributed by atoms with Crippen LogP contribution in [0.15, 0.2) is 18.2 Å². The highest BCUT2D eigenvalue weighted by Gasteiger charge is 2.24. The second-order valence-electron chi connectivity index (χ2n) is 4.27. The fraction of sp³-hybridized carbons (Fsp3) is 0.385. The minimum Gasteiger partial charge on any atom is -0.384 e. The number of hydrogen-bond donors (Lipinski definition) is 2. The minimum atomic E-state index is -3.72. The Balaban J connectivity index is 2.14. The van der Waals surface area contributed by atoms with Gasteiger partial charge in [-0.3, -0.25) is 4.72 Å². The molecule has 114 valence electrons. The summed E-state index contributed by atoms with van der Waals surface area (Å²) in [5.41, 5.74) is 0.215. The van der Waals surface area contributed by atoms with Gasteiger partial charge in [0.1, 0.15) is 12.4 Å². The molecule has 1 aromatic rings. The molecule has 1 aliphatic rings. The molecule has 8 heteroatoms. The summed E-state index contributed by atoms with van der Waals surface area (Å²) in [5, 5.41) is 8.57. The molecular weight excluding hydrogens is 299 g/mol. The topological polar surface area (TPSA) is 78.9 Å². The Hall–Kier alpha value is -1.66. The first-order valence-corrected chi connectivity index (χ1v) is 7.72. The smallest absolute Gasteiger partial charge is 0.301 e. The zero-order chi connectivity index (χ0) is 15.3. The van der Waals surface area contributed by atoms with E-state index < -0.39 is 16.0 Å². The zero-order valence-corrected chi connectivity index (χ0v) is 12.0. The third-order valence-corrected chi connectivity index (χ3v) is 4.37. The van der Waals surface area contributed by atoms with Crippen LogP contribution in [0.25, 0.3) is 0 Å². The van der Waals surface area contributed by atoms with E-state index in [0.717, 1.165) is 6.07 Å². The number of halogens is 1. The number of nitrogens with one attached hydrogen (secondary N) is 1. The standard InChI is InChI=1S/C13H15FN2O4S/c14-13-10-12(4-3-11(13)2-1-7-17)15-21(18,19)16-5-8-20-9-6-16/h3-4,10,15,17H,5-9H2. The van der Waals surface area contributed by atoms with Gasteiger partial charge in [-0.05, 0) is 18.2 Å². The van der Waals surface area contributed by atoms with Gasteiger partial charge in [-0.2, -0.15) is 12.7 Å². The van der Waals surface area contributed by atoms with E-state index in [4.69, 9.17) is 9.84 Å². The third kappa shape index (κ3) is 4.15. The molecular formula is C13H15FN2O4S. The van der Waals surface area contributed by atoms with Gasteiger partial charge in [-0.15, -0.1) is 0 Å². The number of benzene rings is 1. The van der Waals surface area contributed by atoms with E-state index in [9.17, 15) is 12.8 Å². The Labute approximate surface area is 122 Å². The molecule has 2 N–H and O–H groups in total. The number of nitrogens with zero attached hydrogens (tertiary/aromatic N) is 1. The van der Waals surface area contributed by atoms with Crippen LogP contribution in [0, 0.1) is 17.7 Å². The summed E-state index contributed by atoms with van der Waals surface area (Å²) in [5.74, 6) is 4.11. The van der Waals surface area contributed by atoms with Gasteiger partial charge in [0.05, 0.1) is 24.5 Å². The van der Waals surface area contributed by atoms with E-state index >= 15 is 0 Å². The predicted molar refractivity (Wildman–Crippen MR) is 75.3 cm³/mol. The van der Waals surface area contributed by atoms with Gasteiger partial charge in [-0.1, -0.05) is 11.8 Å². The molecule has 21 heavy (non-hydrogen) atoms. The van der Waals surface area contributed by atoms with Crippen molar-refractivity contribution < 1.29 is 22.7 Å². The van der Waals surface area contributed by atoms with E-state index in [2.05, 4.69) is 16.6 Å². The molecule has 0 atom stereocenters. The molecule has 1 fully saturated rings. The molecule has 0 radical (unpaired) electrons. The van der Waals surface area contributed by atoms with Crippen LogP contribution in [0.4, 0.5) is 10.1 Å². The molecule has 0 saturated carbocycles. The highest BCUT2D eigenvalue weighted by atomic mass is 32.2. The average Bonchev–Trinajstić information content (AvgIpc) is 2.47. The van der Waals surface area contributed by atoms with Gasteiger partial charge in [0.15, 0.2) is 0 Å². The van der Waals surface area contributed by atoms with Crippen LogP contribution in [0.2, 0.25) is 0 Å². The largest absolute Gasteiger partial charge is 0.384 e. The maximum absolute atomic E-state index is 13.7. The number of rotatable bonds is 3. The van der Waals surface area contributed by atoms with E-state index in [1.165, 1.54) is 16.4 Å². The van der Waals surface area contributed by atoms with Gasteiger partial charge in [0, 0.05) is 13.1 Å². The van der Waals surface area contributed by atoms with Crippen LogP contribution in [0.1, 0.15) is 5.56 Å². The first kappa shape index (κ1) is 15.7. The molecule has 0 spiro atoms. The molecule has 1 heterocycles. The SMILES string of the molecule is O=S(=O)(Nc1ccc(C#CCO)c(F)c1)N1CCOCC1. The van der Waals surface area contributed by atoms with Crippen molar-refractivity contribution in [2.45, 2.75) is 0 Å². The lowest BCUT2D eigenvalue weighted by Gasteiger charge is -2.26. The van der Waals surface area contributed by atoms with Crippen molar-refractivity contribution in [1.82, 2.24) is 4.31 Å². The van der Waals surface area contributed by atoms with E-state index in [1.807, 2.05) is 0 Å². The summed E-state index contributed by atoms with van der Waals surface area (Å²) >= 11 is 0. The van der Waals surface area contributed by atoms with Gasteiger partial charge >= 0.3 is 10.2 Å². The number of aliphatic hydroxyl groups excluding tert-OH is 1. The fourth-order valence-corrected chi connectivity index (χ4v) is 3.00. The van der Waals surface area contributed by atoms with Crippen molar-refractivity contribution in [3.63, 3.8) is 0 Å². The van der Waals surface area contributed by atoms with Crippen molar-refractivity contribution >= 4 is 15.9 Å². The lowest BCUT2D eigenvalue weighted by molar-refractivity contribution is 0.0733. The third-order valence-electron chi connectivity index (χ3n) is 2.83. The first-order chi connectivity index (χ1) is 10.0. The lowest BCUT2D eigenvalue weighted by atomic mass is 10.2. The Morgan fingerprint density at radius 2 is 2.10 bits per heavy atom. The van der Waals surface area contributed by atoms with Crippen LogP contribution in [0.5, 0.6) is 0 Å². The van der Waals surface area contributed by atoms with Crippen molar-refractivity contribution in [3.05, 3.63) is 29.6 Å². The summed E-state index contributed by atoms with van der Waals surface area (Å²) in [7, 11) is -3.72. The van der Waals surface area contributed by atoms with Crippen LogP contribution >= 0.6 is 0 Å². The van der Waals surface area contributed by atoms with Gasteiger partial charge < -0.3 is 9.84 Å². The number of hydrogen-bond acceptors (Lipinski definition) is 4. The summed E-state index contributed by atoms with van der Waals surface area (Å²) in [6.07, 6.45) is 0. The molecule has 1 aliphatic heterocycles. The molecule has 0 amide bonds. The number of aliphatic hydroxyl groups is 1. The summed E-state index contributed by atoms with van der Waals surface area (Å²) in [6.45, 7) is 0.830. The van der Waals surface area contributed by atoms with Crippen LogP contribution < -0.4 is 4.72 Å². The van der Waals surface area contributed by atoms with Gasteiger partial charge in [0.2, 0.25) is 0 Å². The molecule has 1 saturated heterocycles. The molecule has 1 aromatic carbocycles. The summed E-state index contributed by atoms with van der Waals surface area (Å²) in [4.78, 5) is 0. The number of ether oxygens (including phenoxy) is 1. The second-order valence-corrected chi connectivity index (χ2v) is 5.94. The van der Waals surface area contributed by atoms with E-state index in [-0.39, 0.29) is 30.9 Å². The Kier molecular flexibility index (Phi) is 5.14. The lowest BCUT2D eigenvalue weighted by Crippen LogP contribution is -2.43. The average molecular weight is 314 g/mol.